The van der Waals surface area contributed by atoms with Crippen LogP contribution in [0.4, 0.5) is 4.79 Å². The first-order valence-electron chi connectivity index (χ1n) is 11.2. The summed E-state index contributed by atoms with van der Waals surface area (Å²) in [4.78, 5) is 26.8. The van der Waals surface area contributed by atoms with Gasteiger partial charge in [0.25, 0.3) is 5.91 Å². The lowest BCUT2D eigenvalue weighted by atomic mass is 10.1. The van der Waals surface area contributed by atoms with Crippen LogP contribution in [0.25, 0.3) is 10.9 Å². The molecular formula is C24H36N4O3. The predicted molar refractivity (Wildman–Crippen MR) is 123 cm³/mol. The molecule has 1 aliphatic heterocycles. The van der Waals surface area contributed by atoms with Gasteiger partial charge in [-0.3, -0.25) is 4.79 Å². The van der Waals surface area contributed by atoms with Crippen molar-refractivity contribution in [2.75, 3.05) is 32.7 Å². The molecule has 1 aromatic heterocycles. The van der Waals surface area contributed by atoms with Crippen LogP contribution in [0.3, 0.4) is 0 Å². The van der Waals surface area contributed by atoms with Crippen LogP contribution in [0.15, 0.2) is 30.5 Å². The third-order valence-corrected chi connectivity index (χ3v) is 5.63. The van der Waals surface area contributed by atoms with E-state index in [-0.39, 0.29) is 12.0 Å². The smallest absolute Gasteiger partial charge is 0.407 e. The number of carbonyl (C=O) groups excluding carboxylic acids is 2. The Morgan fingerprint density at radius 1 is 1.16 bits per heavy atom. The van der Waals surface area contributed by atoms with Gasteiger partial charge in [0, 0.05) is 43.8 Å². The van der Waals surface area contributed by atoms with E-state index in [1.54, 1.807) is 0 Å². The summed E-state index contributed by atoms with van der Waals surface area (Å²) in [7, 11) is 1.96. The third kappa shape index (κ3) is 6.72. The van der Waals surface area contributed by atoms with Crippen molar-refractivity contribution in [3.8, 4) is 0 Å². The summed E-state index contributed by atoms with van der Waals surface area (Å²) in [6.07, 6.45) is 4.65. The van der Waals surface area contributed by atoms with Gasteiger partial charge in [0.2, 0.25) is 0 Å². The molecule has 0 saturated carbocycles. The summed E-state index contributed by atoms with van der Waals surface area (Å²) < 4.78 is 7.28. The minimum absolute atomic E-state index is 0.00810. The van der Waals surface area contributed by atoms with Crippen molar-refractivity contribution in [1.29, 1.82) is 0 Å². The molecule has 0 bridgehead atoms. The maximum atomic E-state index is 12.6. The van der Waals surface area contributed by atoms with Gasteiger partial charge < -0.3 is 24.8 Å². The van der Waals surface area contributed by atoms with Crippen molar-refractivity contribution in [1.82, 2.24) is 20.1 Å². The number of benzene rings is 1. The monoisotopic (exact) mass is 428 g/mol. The van der Waals surface area contributed by atoms with Crippen LogP contribution in [0.5, 0.6) is 0 Å². The minimum atomic E-state index is -0.463. The van der Waals surface area contributed by atoms with Crippen LogP contribution in [-0.2, 0) is 11.8 Å². The number of likely N-dealkylation sites (tertiary alicyclic amines) is 1. The topological polar surface area (TPSA) is 75.6 Å². The Morgan fingerprint density at radius 3 is 2.71 bits per heavy atom. The van der Waals surface area contributed by atoms with E-state index in [9.17, 15) is 9.59 Å². The number of hydrogen-bond donors (Lipinski definition) is 2. The number of para-hydroxylation sites is 1. The molecule has 2 aromatic rings. The number of ether oxygens (including phenoxy) is 1. The molecule has 3 rings (SSSR count). The molecule has 1 atom stereocenters. The molecule has 7 heteroatoms. The summed E-state index contributed by atoms with van der Waals surface area (Å²) in [6.45, 7) is 10.0. The second-order valence-corrected chi connectivity index (χ2v) is 9.47. The second kappa shape index (κ2) is 10.2. The van der Waals surface area contributed by atoms with Crippen LogP contribution < -0.4 is 10.6 Å². The lowest BCUT2D eigenvalue weighted by Crippen LogP contribution is -2.36. The van der Waals surface area contributed by atoms with Gasteiger partial charge in [0.05, 0.1) is 5.56 Å². The van der Waals surface area contributed by atoms with E-state index in [4.69, 9.17) is 4.74 Å². The number of hydrogen-bond acceptors (Lipinski definition) is 4. The normalized spacial score (nSPS) is 17.1. The van der Waals surface area contributed by atoms with E-state index in [0.29, 0.717) is 19.0 Å². The molecule has 1 aliphatic rings. The van der Waals surface area contributed by atoms with Crippen molar-refractivity contribution in [3.63, 3.8) is 0 Å². The molecule has 2 heterocycles. The Balaban J connectivity index is 1.31. The standard InChI is InChI=1S/C24H36N4O3/c1-24(2,3)31-23(30)26-15-18-11-14-28(16-18)13-8-7-12-25-22(29)20-17-27(4)21-10-6-5-9-19(20)21/h5-6,9-10,17-18H,7-8,11-16H2,1-4H3,(H,25,29)(H,26,30)/t18-/m1/s1. The van der Waals surface area contributed by atoms with Crippen molar-refractivity contribution in [2.24, 2.45) is 13.0 Å². The zero-order chi connectivity index (χ0) is 22.4. The van der Waals surface area contributed by atoms with E-state index < -0.39 is 5.60 Å². The zero-order valence-corrected chi connectivity index (χ0v) is 19.2. The number of rotatable bonds is 8. The number of alkyl carbamates (subject to hydrolysis) is 1. The first-order chi connectivity index (χ1) is 14.7. The first-order valence-corrected chi connectivity index (χ1v) is 11.2. The summed E-state index contributed by atoms with van der Waals surface area (Å²) in [5, 5.41) is 6.93. The summed E-state index contributed by atoms with van der Waals surface area (Å²) in [5.41, 5.74) is 1.34. The van der Waals surface area contributed by atoms with Crippen LogP contribution in [0, 0.1) is 5.92 Å². The van der Waals surface area contributed by atoms with Gasteiger partial charge in [0.1, 0.15) is 5.60 Å². The molecule has 1 aromatic carbocycles. The number of carbonyl (C=O) groups is 2. The van der Waals surface area contributed by atoms with Crippen molar-refractivity contribution < 1.29 is 14.3 Å². The van der Waals surface area contributed by atoms with E-state index in [0.717, 1.165) is 55.4 Å². The lowest BCUT2D eigenvalue weighted by molar-refractivity contribution is 0.0519. The Kier molecular flexibility index (Phi) is 7.59. The Bertz CT molecular complexity index is 900. The van der Waals surface area contributed by atoms with Gasteiger partial charge in [-0.1, -0.05) is 18.2 Å². The molecule has 0 unspecified atom stereocenters. The average Bonchev–Trinajstić information content (AvgIpc) is 3.29. The summed E-state index contributed by atoms with van der Waals surface area (Å²) in [6, 6.07) is 7.97. The minimum Gasteiger partial charge on any atom is -0.444 e. The van der Waals surface area contributed by atoms with E-state index in [1.165, 1.54) is 0 Å². The summed E-state index contributed by atoms with van der Waals surface area (Å²) in [5.74, 6) is 0.463. The third-order valence-electron chi connectivity index (χ3n) is 5.63. The number of nitrogens with zero attached hydrogens (tertiary/aromatic N) is 2. The maximum absolute atomic E-state index is 12.6. The van der Waals surface area contributed by atoms with Crippen LogP contribution >= 0.6 is 0 Å². The molecule has 0 aliphatic carbocycles. The molecule has 2 N–H and O–H groups in total. The van der Waals surface area contributed by atoms with E-state index in [1.807, 2.05) is 62.8 Å². The number of fused-ring (bicyclic) bond motifs is 1. The summed E-state index contributed by atoms with van der Waals surface area (Å²) >= 11 is 0. The van der Waals surface area contributed by atoms with Crippen LogP contribution in [0.1, 0.15) is 50.4 Å². The Morgan fingerprint density at radius 2 is 1.94 bits per heavy atom. The number of unbranched alkanes of at least 4 members (excludes halogenated alkanes) is 1. The highest BCUT2D eigenvalue weighted by Crippen LogP contribution is 2.20. The highest BCUT2D eigenvalue weighted by molar-refractivity contribution is 6.06. The largest absolute Gasteiger partial charge is 0.444 e. The number of aromatic nitrogens is 1. The molecule has 0 radical (unpaired) electrons. The molecule has 170 valence electrons. The first kappa shape index (κ1) is 23.1. The number of aryl methyl sites for hydroxylation is 1. The molecule has 7 nitrogen and oxygen atoms in total. The second-order valence-electron chi connectivity index (χ2n) is 9.47. The highest BCUT2D eigenvalue weighted by Gasteiger charge is 2.23. The number of amides is 2. The van der Waals surface area contributed by atoms with Crippen LogP contribution in [0.2, 0.25) is 0 Å². The van der Waals surface area contributed by atoms with Gasteiger partial charge in [0.15, 0.2) is 0 Å². The molecule has 2 amide bonds. The number of nitrogens with one attached hydrogen (secondary N) is 2. The maximum Gasteiger partial charge on any atom is 0.407 e. The predicted octanol–water partition coefficient (Wildman–Crippen LogP) is 3.53. The van der Waals surface area contributed by atoms with Gasteiger partial charge in [-0.15, -0.1) is 0 Å². The SMILES string of the molecule is Cn1cc(C(=O)NCCCCN2CC[C@H](CNC(=O)OC(C)(C)C)C2)c2ccccc21. The molecule has 31 heavy (non-hydrogen) atoms. The quantitative estimate of drug-likeness (QED) is 0.631. The lowest BCUT2D eigenvalue weighted by Gasteiger charge is -2.21. The van der Waals surface area contributed by atoms with Crippen LogP contribution in [-0.4, -0.2) is 59.8 Å². The Labute approximate surface area is 185 Å². The van der Waals surface area contributed by atoms with Gasteiger partial charge in [-0.05, 0) is 65.1 Å². The fourth-order valence-corrected chi connectivity index (χ4v) is 4.10. The molecule has 1 fully saturated rings. The molecule has 1 saturated heterocycles. The Hall–Kier alpha value is -2.54. The van der Waals surface area contributed by atoms with Crippen molar-refractivity contribution in [2.45, 2.75) is 45.6 Å². The van der Waals surface area contributed by atoms with Gasteiger partial charge in [-0.25, -0.2) is 4.79 Å². The van der Waals surface area contributed by atoms with Gasteiger partial charge in [-0.2, -0.15) is 0 Å². The van der Waals surface area contributed by atoms with Gasteiger partial charge >= 0.3 is 6.09 Å². The fourth-order valence-electron chi connectivity index (χ4n) is 4.10. The molecule has 0 spiro atoms. The van der Waals surface area contributed by atoms with E-state index >= 15 is 0 Å². The van der Waals surface area contributed by atoms with Crippen molar-refractivity contribution >= 4 is 22.9 Å². The fraction of sp³-hybridized carbons (Fsp3) is 0.583. The molecular weight excluding hydrogens is 392 g/mol. The zero-order valence-electron chi connectivity index (χ0n) is 19.2. The average molecular weight is 429 g/mol. The highest BCUT2D eigenvalue weighted by atomic mass is 16.6. The van der Waals surface area contributed by atoms with E-state index in [2.05, 4.69) is 15.5 Å². The van der Waals surface area contributed by atoms with Crippen molar-refractivity contribution in [3.05, 3.63) is 36.0 Å².